The maximum absolute atomic E-state index is 13.5. The summed E-state index contributed by atoms with van der Waals surface area (Å²) in [7, 11) is 0. The second-order valence-corrected chi connectivity index (χ2v) is 5.37. The predicted octanol–water partition coefficient (Wildman–Crippen LogP) is 3.26. The molecule has 2 atom stereocenters. The largest absolute Gasteiger partial charge is 0.326 e. The lowest BCUT2D eigenvalue weighted by Gasteiger charge is -2.37. The van der Waals surface area contributed by atoms with Gasteiger partial charge in [-0.1, -0.05) is 30.7 Å². The van der Waals surface area contributed by atoms with Crippen molar-refractivity contribution in [3.63, 3.8) is 0 Å². The summed E-state index contributed by atoms with van der Waals surface area (Å²) in [6, 6.07) is 6.99. The van der Waals surface area contributed by atoms with E-state index in [0.29, 0.717) is 0 Å². The van der Waals surface area contributed by atoms with Gasteiger partial charge < -0.3 is 5.73 Å². The van der Waals surface area contributed by atoms with Crippen molar-refractivity contribution in [2.45, 2.75) is 38.8 Å². The molecule has 0 spiro atoms. The van der Waals surface area contributed by atoms with Crippen LogP contribution in [0, 0.1) is 5.82 Å². The first-order chi connectivity index (χ1) is 9.11. The zero-order valence-electron chi connectivity index (χ0n) is 11.8. The molecule has 3 heteroatoms. The molecular weight excluding hydrogens is 239 g/mol. The van der Waals surface area contributed by atoms with E-state index in [2.05, 4.69) is 24.8 Å². The Bertz CT molecular complexity index is 456. The Labute approximate surface area is 115 Å². The Hall–Kier alpha value is -1.19. The van der Waals surface area contributed by atoms with Crippen molar-refractivity contribution in [3.8, 4) is 0 Å². The fraction of sp³-hybridized carbons (Fsp3) is 0.500. The maximum Gasteiger partial charge on any atom is 0.123 e. The van der Waals surface area contributed by atoms with Gasteiger partial charge in [0.05, 0.1) is 6.04 Å². The highest BCUT2D eigenvalue weighted by Gasteiger charge is 2.26. The average molecular weight is 262 g/mol. The molecule has 0 saturated carbocycles. The molecule has 0 radical (unpaired) electrons. The Kier molecular flexibility index (Phi) is 4.72. The average Bonchev–Trinajstić information content (AvgIpc) is 2.41. The van der Waals surface area contributed by atoms with Crippen LogP contribution >= 0.6 is 0 Å². The van der Waals surface area contributed by atoms with Crippen LogP contribution in [0.15, 0.2) is 35.9 Å². The zero-order chi connectivity index (χ0) is 13.8. The molecule has 2 nitrogen and oxygen atoms in total. The van der Waals surface area contributed by atoms with E-state index in [4.69, 9.17) is 5.73 Å². The van der Waals surface area contributed by atoms with Crippen LogP contribution in [-0.2, 0) is 0 Å². The van der Waals surface area contributed by atoms with Crippen LogP contribution in [-0.4, -0.2) is 24.0 Å². The molecule has 104 valence electrons. The Morgan fingerprint density at radius 1 is 1.42 bits per heavy atom. The standard InChI is InChI=1S/C16H23FN2/c1-3-15(18)16(13-5-4-6-14(17)11-13)19-9-7-12(2)8-10-19/h4-7,11,15-16H,3,8-10,18H2,1-2H3. The summed E-state index contributed by atoms with van der Waals surface area (Å²) in [6.45, 7) is 6.15. The van der Waals surface area contributed by atoms with E-state index in [1.54, 1.807) is 12.1 Å². The SMILES string of the molecule is CCC(N)C(c1cccc(F)c1)N1CC=C(C)CC1. The topological polar surface area (TPSA) is 29.3 Å². The molecule has 1 heterocycles. The molecule has 0 aliphatic carbocycles. The highest BCUT2D eigenvalue weighted by atomic mass is 19.1. The highest BCUT2D eigenvalue weighted by Crippen LogP contribution is 2.28. The van der Waals surface area contributed by atoms with Crippen LogP contribution in [0.25, 0.3) is 0 Å². The summed E-state index contributed by atoms with van der Waals surface area (Å²) in [5.41, 5.74) is 8.70. The Morgan fingerprint density at radius 3 is 2.79 bits per heavy atom. The number of nitrogens with two attached hydrogens (primary N) is 1. The monoisotopic (exact) mass is 262 g/mol. The first-order valence-corrected chi connectivity index (χ1v) is 7.02. The van der Waals surface area contributed by atoms with Crippen LogP contribution in [0.2, 0.25) is 0 Å². The lowest BCUT2D eigenvalue weighted by Crippen LogP contribution is -2.42. The van der Waals surface area contributed by atoms with E-state index in [9.17, 15) is 4.39 Å². The summed E-state index contributed by atoms with van der Waals surface area (Å²) in [5.74, 6) is -0.186. The van der Waals surface area contributed by atoms with Gasteiger partial charge in [-0.25, -0.2) is 4.39 Å². The number of hydrogen-bond acceptors (Lipinski definition) is 2. The number of nitrogens with zero attached hydrogens (tertiary/aromatic N) is 1. The van der Waals surface area contributed by atoms with Gasteiger partial charge in [-0.15, -0.1) is 0 Å². The normalized spacial score (nSPS) is 19.9. The minimum atomic E-state index is -0.186. The van der Waals surface area contributed by atoms with Crippen molar-refractivity contribution < 1.29 is 4.39 Å². The van der Waals surface area contributed by atoms with Gasteiger partial charge in [0.2, 0.25) is 0 Å². The maximum atomic E-state index is 13.5. The summed E-state index contributed by atoms with van der Waals surface area (Å²) >= 11 is 0. The summed E-state index contributed by atoms with van der Waals surface area (Å²) in [4.78, 5) is 2.36. The smallest absolute Gasteiger partial charge is 0.123 e. The van der Waals surface area contributed by atoms with Crippen LogP contribution in [0.4, 0.5) is 4.39 Å². The molecule has 2 unspecified atom stereocenters. The Balaban J connectivity index is 2.26. The van der Waals surface area contributed by atoms with E-state index in [-0.39, 0.29) is 17.9 Å². The molecule has 1 aliphatic rings. The first kappa shape index (κ1) is 14.2. The third-order valence-electron chi connectivity index (χ3n) is 3.93. The molecule has 1 aromatic rings. The highest BCUT2D eigenvalue weighted by molar-refractivity contribution is 5.23. The molecule has 2 N–H and O–H groups in total. The second-order valence-electron chi connectivity index (χ2n) is 5.37. The molecule has 0 bridgehead atoms. The molecule has 0 saturated heterocycles. The summed E-state index contributed by atoms with van der Waals surface area (Å²) in [6.07, 6.45) is 4.21. The summed E-state index contributed by atoms with van der Waals surface area (Å²) in [5, 5.41) is 0. The fourth-order valence-corrected chi connectivity index (χ4v) is 2.68. The molecule has 0 amide bonds. The van der Waals surface area contributed by atoms with Crippen LogP contribution in [0.3, 0.4) is 0 Å². The van der Waals surface area contributed by atoms with Gasteiger partial charge in [0.25, 0.3) is 0 Å². The number of hydrogen-bond donors (Lipinski definition) is 1. The zero-order valence-corrected chi connectivity index (χ0v) is 11.8. The second kappa shape index (κ2) is 6.31. The van der Waals surface area contributed by atoms with E-state index >= 15 is 0 Å². The van der Waals surface area contributed by atoms with Crippen molar-refractivity contribution in [2.75, 3.05) is 13.1 Å². The van der Waals surface area contributed by atoms with Crippen LogP contribution in [0.1, 0.15) is 38.3 Å². The third kappa shape index (κ3) is 3.43. The summed E-state index contributed by atoms with van der Waals surface area (Å²) < 4.78 is 13.5. The molecule has 0 aromatic heterocycles. The predicted molar refractivity (Wildman–Crippen MR) is 77.4 cm³/mol. The lowest BCUT2D eigenvalue weighted by molar-refractivity contribution is 0.182. The van der Waals surface area contributed by atoms with Gasteiger partial charge in [0.1, 0.15) is 5.82 Å². The Morgan fingerprint density at radius 2 is 2.21 bits per heavy atom. The third-order valence-corrected chi connectivity index (χ3v) is 3.93. The van der Waals surface area contributed by atoms with E-state index < -0.39 is 0 Å². The van der Waals surface area contributed by atoms with E-state index in [1.807, 2.05) is 6.07 Å². The molecular formula is C16H23FN2. The van der Waals surface area contributed by atoms with E-state index in [0.717, 1.165) is 31.5 Å². The van der Waals surface area contributed by atoms with Crippen molar-refractivity contribution in [1.29, 1.82) is 0 Å². The van der Waals surface area contributed by atoms with Crippen molar-refractivity contribution in [2.24, 2.45) is 5.73 Å². The molecule has 19 heavy (non-hydrogen) atoms. The van der Waals surface area contributed by atoms with Crippen LogP contribution < -0.4 is 5.73 Å². The minimum absolute atomic E-state index is 0.0357. The number of benzene rings is 1. The van der Waals surface area contributed by atoms with Crippen molar-refractivity contribution >= 4 is 0 Å². The number of halogens is 1. The van der Waals surface area contributed by atoms with Gasteiger partial charge in [-0.3, -0.25) is 4.90 Å². The quantitative estimate of drug-likeness (QED) is 0.844. The van der Waals surface area contributed by atoms with E-state index in [1.165, 1.54) is 11.6 Å². The molecule has 2 rings (SSSR count). The first-order valence-electron chi connectivity index (χ1n) is 7.02. The molecule has 1 aromatic carbocycles. The van der Waals surface area contributed by atoms with Crippen molar-refractivity contribution in [3.05, 3.63) is 47.3 Å². The van der Waals surface area contributed by atoms with Gasteiger partial charge in [-0.2, -0.15) is 0 Å². The lowest BCUT2D eigenvalue weighted by atomic mass is 9.94. The van der Waals surface area contributed by atoms with Gasteiger partial charge in [0, 0.05) is 19.1 Å². The molecule has 1 aliphatic heterocycles. The van der Waals surface area contributed by atoms with Crippen LogP contribution in [0.5, 0.6) is 0 Å². The van der Waals surface area contributed by atoms with Gasteiger partial charge in [0.15, 0.2) is 0 Å². The van der Waals surface area contributed by atoms with Gasteiger partial charge in [-0.05, 0) is 37.5 Å². The van der Waals surface area contributed by atoms with Crippen molar-refractivity contribution in [1.82, 2.24) is 4.90 Å². The fourth-order valence-electron chi connectivity index (χ4n) is 2.68. The number of rotatable bonds is 4. The van der Waals surface area contributed by atoms with Gasteiger partial charge >= 0.3 is 0 Å². The minimum Gasteiger partial charge on any atom is -0.326 e. The molecule has 0 fully saturated rings.